The van der Waals surface area contributed by atoms with Crippen LogP contribution in [0.3, 0.4) is 0 Å². The molecule has 7 nitrogen and oxygen atoms in total. The van der Waals surface area contributed by atoms with Crippen LogP contribution in [0.2, 0.25) is 0 Å². The maximum absolute atomic E-state index is 13.0. The number of benzene rings is 2. The number of hydrogen-bond acceptors (Lipinski definition) is 6. The van der Waals surface area contributed by atoms with Gasteiger partial charge in [-0.05, 0) is 49.7 Å². The first-order valence-electron chi connectivity index (χ1n) is 9.21. The number of hydrogen-bond donors (Lipinski definition) is 0. The number of sulfonamides is 1. The molecule has 0 N–H and O–H groups in total. The van der Waals surface area contributed by atoms with Crippen LogP contribution in [0.25, 0.3) is 0 Å². The Morgan fingerprint density at radius 3 is 2.45 bits per heavy atom. The quantitative estimate of drug-likeness (QED) is 0.698. The van der Waals surface area contributed by atoms with Crippen LogP contribution in [0.15, 0.2) is 53.4 Å². The summed E-state index contributed by atoms with van der Waals surface area (Å²) in [6, 6.07) is 14.6. The zero-order valence-electron chi connectivity index (χ0n) is 16.2. The van der Waals surface area contributed by atoms with Crippen molar-refractivity contribution in [2.75, 3.05) is 13.1 Å². The summed E-state index contributed by atoms with van der Waals surface area (Å²) in [5.74, 6) is -0.616. The number of nitrogens with zero attached hydrogens (tertiary/aromatic N) is 2. The van der Waals surface area contributed by atoms with Gasteiger partial charge in [0.05, 0.1) is 34.3 Å². The monoisotopic (exact) mass is 414 g/mol. The third-order valence-corrected chi connectivity index (χ3v) is 6.37. The first kappa shape index (κ1) is 21.0. The highest BCUT2D eigenvalue weighted by Gasteiger charge is 2.32. The summed E-state index contributed by atoms with van der Waals surface area (Å²) >= 11 is 0. The molecule has 0 aliphatic carbocycles. The minimum Gasteiger partial charge on any atom is -0.457 e. The fourth-order valence-electron chi connectivity index (χ4n) is 3.17. The van der Waals surface area contributed by atoms with Gasteiger partial charge in [0.15, 0.2) is 0 Å². The number of ether oxygens (including phenoxy) is 2. The third kappa shape index (κ3) is 5.01. The van der Waals surface area contributed by atoms with E-state index < -0.39 is 16.0 Å². The van der Waals surface area contributed by atoms with Crippen LogP contribution < -0.4 is 0 Å². The lowest BCUT2D eigenvalue weighted by molar-refractivity contribution is -0.0440. The van der Waals surface area contributed by atoms with Crippen LogP contribution in [-0.2, 0) is 26.1 Å². The molecule has 152 valence electrons. The summed E-state index contributed by atoms with van der Waals surface area (Å²) in [5.41, 5.74) is 1.41. The minimum absolute atomic E-state index is 0.0278. The van der Waals surface area contributed by atoms with E-state index in [1.54, 1.807) is 24.3 Å². The Balaban J connectivity index is 1.72. The highest BCUT2D eigenvalue weighted by molar-refractivity contribution is 7.89. The van der Waals surface area contributed by atoms with Gasteiger partial charge in [0.2, 0.25) is 10.0 Å². The second kappa shape index (κ2) is 8.74. The smallest absolute Gasteiger partial charge is 0.338 e. The number of rotatable bonds is 5. The van der Waals surface area contributed by atoms with Crippen molar-refractivity contribution in [2.45, 2.75) is 37.6 Å². The first-order valence-corrected chi connectivity index (χ1v) is 10.7. The van der Waals surface area contributed by atoms with E-state index in [2.05, 4.69) is 0 Å². The molecular formula is C21H22N2O5S. The van der Waals surface area contributed by atoms with Gasteiger partial charge < -0.3 is 9.47 Å². The van der Waals surface area contributed by atoms with Gasteiger partial charge in [-0.1, -0.05) is 18.2 Å². The first-order chi connectivity index (χ1) is 13.8. The van der Waals surface area contributed by atoms with E-state index in [0.717, 1.165) is 5.56 Å². The number of morpholine rings is 1. The van der Waals surface area contributed by atoms with Crippen LogP contribution in [0.4, 0.5) is 0 Å². The summed E-state index contributed by atoms with van der Waals surface area (Å²) < 4.78 is 38.2. The number of carbonyl (C=O) groups is 1. The Bertz CT molecular complexity index is 1020. The number of esters is 1. The van der Waals surface area contributed by atoms with Gasteiger partial charge in [-0.15, -0.1) is 0 Å². The van der Waals surface area contributed by atoms with Gasteiger partial charge in [0.1, 0.15) is 6.61 Å². The van der Waals surface area contributed by atoms with E-state index in [9.17, 15) is 13.2 Å². The lowest BCUT2D eigenvalue weighted by Gasteiger charge is -2.34. The topological polar surface area (TPSA) is 96.7 Å². The van der Waals surface area contributed by atoms with Crippen molar-refractivity contribution in [3.05, 3.63) is 65.2 Å². The van der Waals surface area contributed by atoms with E-state index in [1.807, 2.05) is 19.9 Å². The Morgan fingerprint density at radius 1 is 1.17 bits per heavy atom. The van der Waals surface area contributed by atoms with Crippen molar-refractivity contribution < 1.29 is 22.7 Å². The molecule has 0 bridgehead atoms. The SMILES string of the molecule is C[C@@H]1CN(S(=O)(=O)c2cccc(C(=O)OCc3ccc(C#N)cc3)c2)C[C@H](C)O1. The molecule has 1 aliphatic rings. The predicted octanol–water partition coefficient (Wildman–Crippen LogP) is 2.71. The van der Waals surface area contributed by atoms with Crippen molar-refractivity contribution in [1.82, 2.24) is 4.31 Å². The second-order valence-electron chi connectivity index (χ2n) is 6.99. The highest BCUT2D eigenvalue weighted by atomic mass is 32.2. The number of carbonyl (C=O) groups excluding carboxylic acids is 1. The van der Waals surface area contributed by atoms with Gasteiger partial charge in [0.25, 0.3) is 0 Å². The summed E-state index contributed by atoms with van der Waals surface area (Å²) in [6.45, 7) is 4.21. The van der Waals surface area contributed by atoms with Gasteiger partial charge >= 0.3 is 5.97 Å². The van der Waals surface area contributed by atoms with E-state index in [4.69, 9.17) is 14.7 Å². The molecule has 0 unspecified atom stereocenters. The predicted molar refractivity (Wildman–Crippen MR) is 105 cm³/mol. The van der Waals surface area contributed by atoms with E-state index >= 15 is 0 Å². The van der Waals surface area contributed by atoms with Crippen LogP contribution in [0, 0.1) is 11.3 Å². The molecule has 0 aromatic heterocycles. The van der Waals surface area contributed by atoms with Crippen LogP contribution in [0.5, 0.6) is 0 Å². The molecule has 2 atom stereocenters. The normalized spacial score (nSPS) is 20.0. The molecule has 2 aromatic carbocycles. The van der Waals surface area contributed by atoms with Gasteiger partial charge in [0, 0.05) is 13.1 Å². The molecular weight excluding hydrogens is 392 g/mol. The summed E-state index contributed by atoms with van der Waals surface area (Å²) in [4.78, 5) is 12.4. The lowest BCUT2D eigenvalue weighted by atomic mass is 10.1. The van der Waals surface area contributed by atoms with Crippen LogP contribution in [0.1, 0.15) is 35.3 Å². The zero-order chi connectivity index (χ0) is 21.0. The molecule has 8 heteroatoms. The van der Waals surface area contributed by atoms with Gasteiger partial charge in [-0.25, -0.2) is 13.2 Å². The summed E-state index contributed by atoms with van der Waals surface area (Å²) in [5, 5.41) is 8.82. The molecule has 1 fully saturated rings. The highest BCUT2D eigenvalue weighted by Crippen LogP contribution is 2.22. The van der Waals surface area contributed by atoms with Crippen LogP contribution in [-0.4, -0.2) is 44.0 Å². The average molecular weight is 414 g/mol. The van der Waals surface area contributed by atoms with Crippen molar-refractivity contribution in [3.8, 4) is 6.07 Å². The summed E-state index contributed by atoms with van der Waals surface area (Å²) in [6.07, 6.45) is -0.400. The second-order valence-corrected chi connectivity index (χ2v) is 8.93. The third-order valence-electron chi connectivity index (χ3n) is 4.55. The maximum Gasteiger partial charge on any atom is 0.338 e. The van der Waals surface area contributed by atoms with Crippen molar-refractivity contribution in [3.63, 3.8) is 0 Å². The van der Waals surface area contributed by atoms with Crippen molar-refractivity contribution in [1.29, 1.82) is 5.26 Å². The van der Waals surface area contributed by atoms with Crippen molar-refractivity contribution in [2.24, 2.45) is 0 Å². The molecule has 0 spiro atoms. The molecule has 1 saturated heterocycles. The van der Waals surface area contributed by atoms with E-state index in [-0.39, 0.29) is 42.4 Å². The molecule has 0 amide bonds. The minimum atomic E-state index is -3.74. The molecule has 0 radical (unpaired) electrons. The largest absolute Gasteiger partial charge is 0.457 e. The van der Waals surface area contributed by atoms with Gasteiger partial charge in [-0.2, -0.15) is 9.57 Å². The van der Waals surface area contributed by atoms with E-state index in [1.165, 1.54) is 28.6 Å². The van der Waals surface area contributed by atoms with E-state index in [0.29, 0.717) is 5.56 Å². The molecule has 3 rings (SSSR count). The molecule has 0 saturated carbocycles. The van der Waals surface area contributed by atoms with Crippen molar-refractivity contribution >= 4 is 16.0 Å². The molecule has 1 aliphatic heterocycles. The maximum atomic E-state index is 13.0. The number of nitriles is 1. The Labute approximate surface area is 170 Å². The standard InChI is InChI=1S/C21H22N2O5S/c1-15-12-23(13-16(2)28-15)29(25,26)20-5-3-4-19(10-20)21(24)27-14-18-8-6-17(11-22)7-9-18/h3-10,15-16H,12-14H2,1-2H3/t15-,16+. The fourth-order valence-corrected chi connectivity index (χ4v) is 4.80. The lowest BCUT2D eigenvalue weighted by Crippen LogP contribution is -2.48. The average Bonchev–Trinajstić information content (AvgIpc) is 2.71. The Kier molecular flexibility index (Phi) is 6.33. The Hall–Kier alpha value is -2.73. The molecule has 29 heavy (non-hydrogen) atoms. The molecule has 1 heterocycles. The Morgan fingerprint density at radius 2 is 1.83 bits per heavy atom. The fraction of sp³-hybridized carbons (Fsp3) is 0.333. The summed E-state index contributed by atoms with van der Waals surface area (Å²) in [7, 11) is -3.74. The van der Waals surface area contributed by atoms with Gasteiger partial charge in [-0.3, -0.25) is 0 Å². The van der Waals surface area contributed by atoms with Crippen LogP contribution >= 0.6 is 0 Å². The molecule has 2 aromatic rings. The zero-order valence-corrected chi connectivity index (χ0v) is 17.1.